The van der Waals surface area contributed by atoms with Gasteiger partial charge in [0.25, 0.3) is 6.71 Å². The molecule has 1 atom stereocenters. The highest BCUT2D eigenvalue weighted by molar-refractivity contribution is 8.15. The van der Waals surface area contributed by atoms with E-state index in [2.05, 4.69) is 51.3 Å². The van der Waals surface area contributed by atoms with Crippen LogP contribution in [-0.2, 0) is 6.54 Å². The van der Waals surface area contributed by atoms with Gasteiger partial charge in [0, 0.05) is 23.1 Å². The molecule has 2 saturated heterocycles. The van der Waals surface area contributed by atoms with Gasteiger partial charge in [-0.2, -0.15) is 0 Å². The van der Waals surface area contributed by atoms with E-state index in [0.29, 0.717) is 17.8 Å². The molecule has 1 aromatic heterocycles. The Balaban J connectivity index is 0.00000176. The maximum absolute atomic E-state index is 13.9. The second kappa shape index (κ2) is 13.4. The number of nitrogens with two attached hydrogens (primary N) is 1. The van der Waals surface area contributed by atoms with Gasteiger partial charge in [-0.15, -0.1) is 0 Å². The highest BCUT2D eigenvalue weighted by Crippen LogP contribution is 2.39. The van der Waals surface area contributed by atoms with Crippen molar-refractivity contribution in [1.29, 1.82) is 5.26 Å². The van der Waals surface area contributed by atoms with E-state index in [4.69, 9.17) is 16.9 Å². The molecule has 4 rings (SSSR count). The molecule has 0 radical (unpaired) electrons. The van der Waals surface area contributed by atoms with Crippen molar-refractivity contribution in [3.05, 3.63) is 65.2 Å². The molecule has 1 aromatic carbocycles. The standard InChI is InChI=1S/C26H31BClFN4S.CH5N/c1-4-19(2)20-5-6-21(31-16-20)17-33(22-7-8-26(29)25(28)13-22)34(3)24-9-11-32(12-10-24)23-14-27(15-23)18-30;1-2/h5-8,13,16,23-24H,2-4,9-12,14-15,17H2,1H3;2H2,1H3. The number of halogens is 2. The normalized spacial score (nSPS) is 17.4. The molecule has 2 aromatic rings. The summed E-state index contributed by atoms with van der Waals surface area (Å²) in [6.45, 7) is 9.08. The number of hydrogen-bond acceptors (Lipinski definition) is 5. The van der Waals surface area contributed by atoms with Gasteiger partial charge >= 0.3 is 0 Å². The van der Waals surface area contributed by atoms with Gasteiger partial charge in [-0.25, -0.2) is 9.65 Å². The van der Waals surface area contributed by atoms with Crippen LogP contribution in [0.25, 0.3) is 5.57 Å². The van der Waals surface area contributed by atoms with Crippen LogP contribution in [0.15, 0.2) is 43.1 Å². The second-order valence-electron chi connectivity index (χ2n) is 9.22. The quantitative estimate of drug-likeness (QED) is 0.342. The van der Waals surface area contributed by atoms with Crippen molar-refractivity contribution >= 4 is 46.1 Å². The molecule has 9 heteroatoms. The third-order valence-corrected chi connectivity index (χ3v) is 9.55. The first-order valence-corrected chi connectivity index (χ1v) is 14.3. The number of nitrogens with zero attached hydrogens (tertiary/aromatic N) is 4. The molecular weight excluding hydrogens is 492 g/mol. The summed E-state index contributed by atoms with van der Waals surface area (Å²) in [5, 5.41) is 9.63. The zero-order chi connectivity index (χ0) is 26.2. The van der Waals surface area contributed by atoms with Crippen LogP contribution in [0.5, 0.6) is 0 Å². The van der Waals surface area contributed by atoms with E-state index >= 15 is 0 Å². The van der Waals surface area contributed by atoms with Crippen LogP contribution in [0.1, 0.15) is 37.4 Å². The number of aromatic nitrogens is 1. The fourth-order valence-electron chi connectivity index (χ4n) is 4.71. The van der Waals surface area contributed by atoms with Crippen molar-refractivity contribution in [2.24, 2.45) is 5.73 Å². The Hall–Kier alpha value is -2.18. The van der Waals surface area contributed by atoms with Crippen molar-refractivity contribution in [2.75, 3.05) is 24.4 Å². The maximum Gasteiger partial charge on any atom is 0.270 e. The third-order valence-electron chi connectivity index (χ3n) is 7.11. The molecule has 2 aliphatic rings. The first-order chi connectivity index (χ1) is 17.4. The molecule has 0 saturated carbocycles. The molecule has 192 valence electrons. The number of rotatable bonds is 8. The van der Waals surface area contributed by atoms with Crippen LogP contribution in [0.3, 0.4) is 0 Å². The minimum absolute atomic E-state index is 0.119. The van der Waals surface area contributed by atoms with Crippen LogP contribution in [0, 0.1) is 17.0 Å². The molecule has 2 fully saturated rings. The number of likely N-dealkylation sites (tertiary alicyclic amines) is 1. The van der Waals surface area contributed by atoms with Gasteiger partial charge < -0.3 is 14.9 Å². The zero-order valence-electron chi connectivity index (χ0n) is 21.3. The summed E-state index contributed by atoms with van der Waals surface area (Å²) >= 11 is 6.15. The first kappa shape index (κ1) is 28.4. The van der Waals surface area contributed by atoms with Crippen molar-refractivity contribution in [2.45, 2.75) is 56.7 Å². The number of hydrogen-bond donors (Lipinski definition) is 1. The minimum atomic E-state index is -0.417. The smallest absolute Gasteiger partial charge is 0.270 e. The summed E-state index contributed by atoms with van der Waals surface area (Å²) in [4.78, 5) is 7.23. The number of benzene rings is 1. The summed E-state index contributed by atoms with van der Waals surface area (Å²) in [5.74, 6) is 6.56. The average molecular weight is 528 g/mol. The SMILES string of the molecule is C=C(CC)c1ccc(CN(c2ccc(F)c(Cl)c2)S(=C)C2CCN(C3CB(C#N)C3)CC2)nc1.CN. The van der Waals surface area contributed by atoms with Gasteiger partial charge in [0.15, 0.2) is 0 Å². The van der Waals surface area contributed by atoms with E-state index in [-0.39, 0.29) is 22.4 Å². The number of allylic oxidation sites excluding steroid dienone is 1. The number of nitriles is 1. The Morgan fingerprint density at radius 3 is 2.56 bits per heavy atom. The van der Waals surface area contributed by atoms with Crippen LogP contribution >= 0.6 is 22.3 Å². The van der Waals surface area contributed by atoms with Gasteiger partial charge in [0.05, 0.1) is 17.3 Å². The molecule has 5 nitrogen and oxygen atoms in total. The Morgan fingerprint density at radius 2 is 2.00 bits per heavy atom. The lowest BCUT2D eigenvalue weighted by molar-refractivity contribution is 0.176. The van der Waals surface area contributed by atoms with Crippen molar-refractivity contribution in [1.82, 2.24) is 9.88 Å². The van der Waals surface area contributed by atoms with E-state index in [1.165, 1.54) is 13.1 Å². The van der Waals surface area contributed by atoms with Gasteiger partial charge in [-0.1, -0.05) is 47.7 Å². The first-order valence-electron chi connectivity index (χ1n) is 12.5. The molecule has 2 aliphatic heterocycles. The summed E-state index contributed by atoms with van der Waals surface area (Å²) in [6, 6.07) is 9.57. The average Bonchev–Trinajstić information content (AvgIpc) is 2.89. The Kier molecular flexibility index (Phi) is 10.6. The summed E-state index contributed by atoms with van der Waals surface area (Å²) in [5.41, 5.74) is 8.42. The molecule has 3 heterocycles. The molecule has 0 aliphatic carbocycles. The Labute approximate surface area is 223 Å². The zero-order valence-corrected chi connectivity index (χ0v) is 22.9. The highest BCUT2D eigenvalue weighted by Gasteiger charge is 2.38. The lowest BCUT2D eigenvalue weighted by atomic mass is 9.34. The van der Waals surface area contributed by atoms with E-state index < -0.39 is 5.82 Å². The number of anilines is 1. The van der Waals surface area contributed by atoms with Crippen molar-refractivity contribution in [3.8, 4) is 5.97 Å². The van der Waals surface area contributed by atoms with Gasteiger partial charge in [-0.3, -0.25) is 4.98 Å². The molecular formula is C27H36BClFN5S. The third kappa shape index (κ3) is 6.77. The van der Waals surface area contributed by atoms with Crippen LogP contribution in [-0.4, -0.2) is 53.9 Å². The molecule has 0 amide bonds. The van der Waals surface area contributed by atoms with Crippen LogP contribution in [0.4, 0.5) is 10.1 Å². The van der Waals surface area contributed by atoms with Crippen LogP contribution < -0.4 is 10.0 Å². The van der Waals surface area contributed by atoms with Crippen molar-refractivity contribution in [3.63, 3.8) is 0 Å². The molecule has 36 heavy (non-hydrogen) atoms. The number of piperidine rings is 1. The van der Waals surface area contributed by atoms with Gasteiger partial charge in [-0.05, 0) is 93.5 Å². The van der Waals surface area contributed by atoms with E-state index in [0.717, 1.165) is 67.5 Å². The topological polar surface area (TPSA) is 69.2 Å². The predicted octanol–water partition coefficient (Wildman–Crippen LogP) is 5.90. The van der Waals surface area contributed by atoms with Crippen LogP contribution in [0.2, 0.25) is 17.7 Å². The summed E-state index contributed by atoms with van der Waals surface area (Å²) < 4.78 is 16.1. The molecule has 0 bridgehead atoms. The molecule has 2 N–H and O–H groups in total. The lowest BCUT2D eigenvalue weighted by Gasteiger charge is -2.44. The summed E-state index contributed by atoms with van der Waals surface area (Å²) in [7, 11) is 1.17. The van der Waals surface area contributed by atoms with E-state index in [1.54, 1.807) is 12.1 Å². The Bertz CT molecular complexity index is 1090. The molecule has 0 spiro atoms. The largest absolute Gasteiger partial charge is 0.333 e. The van der Waals surface area contributed by atoms with E-state index in [9.17, 15) is 4.39 Å². The minimum Gasteiger partial charge on any atom is -0.333 e. The second-order valence-corrected chi connectivity index (χ2v) is 11.5. The van der Waals surface area contributed by atoms with Gasteiger partial charge in [0.1, 0.15) is 5.82 Å². The van der Waals surface area contributed by atoms with Crippen molar-refractivity contribution < 1.29 is 4.39 Å². The fraction of sp³-hybridized carbons (Fsp3) is 0.444. The maximum atomic E-state index is 13.9. The Morgan fingerprint density at radius 1 is 1.31 bits per heavy atom. The highest BCUT2D eigenvalue weighted by atomic mass is 35.5. The monoisotopic (exact) mass is 527 g/mol. The molecule has 1 unspecified atom stereocenters. The summed E-state index contributed by atoms with van der Waals surface area (Å²) in [6.07, 6.45) is 6.90. The predicted molar refractivity (Wildman–Crippen MR) is 155 cm³/mol. The number of pyridine rings is 1. The van der Waals surface area contributed by atoms with E-state index in [1.807, 2.05) is 12.3 Å². The lowest BCUT2D eigenvalue weighted by Crippen LogP contribution is -2.51. The van der Waals surface area contributed by atoms with Gasteiger partial charge in [0.2, 0.25) is 0 Å². The fourth-order valence-corrected chi connectivity index (χ4v) is 6.68.